The lowest BCUT2D eigenvalue weighted by Crippen LogP contribution is -2.24. The van der Waals surface area contributed by atoms with Crippen LogP contribution in [-0.4, -0.2) is 26.0 Å². The minimum atomic E-state index is -2.91. The Balaban J connectivity index is 1.60. The lowest BCUT2D eigenvalue weighted by molar-refractivity contribution is 0.0764. The van der Waals surface area contributed by atoms with Crippen molar-refractivity contribution in [2.45, 2.75) is 19.5 Å². The summed E-state index contributed by atoms with van der Waals surface area (Å²) in [5, 5.41) is 6.74. The van der Waals surface area contributed by atoms with Crippen LogP contribution in [0.15, 0.2) is 34.9 Å². The van der Waals surface area contributed by atoms with E-state index < -0.39 is 29.9 Å². The smallest absolute Gasteiger partial charge is 0.314 e. The van der Waals surface area contributed by atoms with Crippen LogP contribution in [0.4, 0.5) is 17.6 Å². The van der Waals surface area contributed by atoms with E-state index in [1.807, 2.05) is 0 Å². The van der Waals surface area contributed by atoms with Crippen molar-refractivity contribution in [2.75, 3.05) is 0 Å². The third-order valence-corrected chi connectivity index (χ3v) is 4.10. The summed E-state index contributed by atoms with van der Waals surface area (Å²) < 4.78 is 57.2. The van der Waals surface area contributed by atoms with Gasteiger partial charge in [0.05, 0.1) is 23.4 Å². The van der Waals surface area contributed by atoms with Crippen molar-refractivity contribution in [3.63, 3.8) is 0 Å². The highest BCUT2D eigenvalue weighted by molar-refractivity contribution is 5.98. The summed E-state index contributed by atoms with van der Waals surface area (Å²) in [6, 6.07) is 5.13. The molecule has 0 aliphatic carbocycles. The first-order valence-corrected chi connectivity index (χ1v) is 7.77. The third kappa shape index (κ3) is 3.03. The van der Waals surface area contributed by atoms with Crippen molar-refractivity contribution in [3.8, 4) is 11.5 Å². The van der Waals surface area contributed by atoms with E-state index in [1.54, 1.807) is 0 Å². The number of hydrogen-bond acceptors (Lipinski definition) is 5. The largest absolute Gasteiger partial charge is 0.415 e. The van der Waals surface area contributed by atoms with Gasteiger partial charge in [0.15, 0.2) is 11.6 Å². The van der Waals surface area contributed by atoms with Crippen LogP contribution in [0.25, 0.3) is 11.5 Å². The monoisotopic (exact) mass is 378 g/mol. The number of rotatable bonds is 4. The van der Waals surface area contributed by atoms with Gasteiger partial charge in [-0.3, -0.25) is 9.78 Å². The minimum Gasteiger partial charge on any atom is -0.415 e. The summed E-state index contributed by atoms with van der Waals surface area (Å²) in [5.74, 6) is -3.48. The fourth-order valence-electron chi connectivity index (χ4n) is 2.79. The molecule has 4 rings (SSSR count). The number of pyridine rings is 1. The summed E-state index contributed by atoms with van der Waals surface area (Å²) in [6.45, 7) is -0.0271. The van der Waals surface area contributed by atoms with Gasteiger partial charge < -0.3 is 9.32 Å². The highest BCUT2D eigenvalue weighted by Crippen LogP contribution is 2.29. The number of halogens is 4. The van der Waals surface area contributed by atoms with Gasteiger partial charge in [0.25, 0.3) is 11.8 Å². The van der Waals surface area contributed by atoms with E-state index >= 15 is 0 Å². The molecule has 6 nitrogen and oxygen atoms in total. The molecule has 3 aromatic rings. The number of amides is 1. The summed E-state index contributed by atoms with van der Waals surface area (Å²) >= 11 is 0. The maximum Gasteiger partial charge on any atom is 0.314 e. The molecule has 1 aliphatic rings. The van der Waals surface area contributed by atoms with Crippen LogP contribution >= 0.6 is 0 Å². The summed E-state index contributed by atoms with van der Waals surface area (Å²) in [4.78, 5) is 18.0. The summed E-state index contributed by atoms with van der Waals surface area (Å²) in [5.41, 5.74) is 0.880. The molecular weight excluding hydrogens is 368 g/mol. The maximum absolute atomic E-state index is 13.8. The number of alkyl halides is 2. The molecule has 1 amide bonds. The highest BCUT2D eigenvalue weighted by atomic mass is 19.3. The molecule has 0 spiro atoms. The topological polar surface area (TPSA) is 72.1 Å². The Bertz CT molecular complexity index is 1040. The Morgan fingerprint density at radius 1 is 1.22 bits per heavy atom. The lowest BCUT2D eigenvalue weighted by Gasteiger charge is -2.15. The van der Waals surface area contributed by atoms with Gasteiger partial charge in [-0.2, -0.15) is 8.78 Å². The molecule has 0 N–H and O–H groups in total. The lowest BCUT2D eigenvalue weighted by atomic mass is 10.1. The first-order valence-electron chi connectivity index (χ1n) is 7.77. The third-order valence-electron chi connectivity index (χ3n) is 4.10. The molecule has 0 atom stereocenters. The quantitative estimate of drug-likeness (QED) is 0.650. The SMILES string of the molecule is O=C1c2cc(-c3nnc(C(F)F)o3)cnc2CN1Cc1cccc(F)c1F. The molecule has 138 valence electrons. The zero-order valence-corrected chi connectivity index (χ0v) is 13.5. The van der Waals surface area contributed by atoms with Crippen LogP contribution in [0.3, 0.4) is 0 Å². The second kappa shape index (κ2) is 6.45. The number of benzene rings is 1. The van der Waals surface area contributed by atoms with Gasteiger partial charge in [0.2, 0.25) is 5.89 Å². The molecule has 10 heteroatoms. The summed E-state index contributed by atoms with van der Waals surface area (Å²) in [7, 11) is 0. The molecule has 0 saturated carbocycles. The Kier molecular flexibility index (Phi) is 4.09. The van der Waals surface area contributed by atoms with Gasteiger partial charge in [-0.1, -0.05) is 12.1 Å². The molecule has 1 aliphatic heterocycles. The minimum absolute atomic E-state index is 0.0369. The number of aromatic nitrogens is 3. The van der Waals surface area contributed by atoms with Gasteiger partial charge in [-0.05, 0) is 12.1 Å². The Morgan fingerprint density at radius 2 is 2.04 bits per heavy atom. The van der Waals surface area contributed by atoms with E-state index in [-0.39, 0.29) is 35.7 Å². The first-order chi connectivity index (χ1) is 12.9. The van der Waals surface area contributed by atoms with E-state index in [0.29, 0.717) is 5.69 Å². The normalized spacial score (nSPS) is 13.5. The van der Waals surface area contributed by atoms with Gasteiger partial charge >= 0.3 is 6.43 Å². The Hall–Kier alpha value is -3.30. The maximum atomic E-state index is 13.8. The Labute approximate surface area is 149 Å². The molecule has 1 aromatic carbocycles. The predicted molar refractivity (Wildman–Crippen MR) is 82.4 cm³/mol. The van der Waals surface area contributed by atoms with Crippen LogP contribution in [0.1, 0.15) is 33.9 Å². The van der Waals surface area contributed by atoms with Crippen LogP contribution in [0.2, 0.25) is 0 Å². The number of nitrogens with zero attached hydrogens (tertiary/aromatic N) is 4. The zero-order valence-electron chi connectivity index (χ0n) is 13.5. The highest BCUT2D eigenvalue weighted by Gasteiger charge is 2.30. The number of hydrogen-bond donors (Lipinski definition) is 0. The van der Waals surface area contributed by atoms with Crippen LogP contribution in [0, 0.1) is 11.6 Å². The molecule has 0 bridgehead atoms. The standard InChI is InChI=1S/C17H10F4N4O2/c18-11-3-1-2-8(13(11)19)6-25-7-12-10(17(25)26)4-9(5-22-12)15-23-24-16(27-15)14(20)21/h1-5,14H,6-7H2. The summed E-state index contributed by atoms with van der Waals surface area (Å²) in [6.07, 6.45) is -1.59. The van der Waals surface area contributed by atoms with Crippen LogP contribution < -0.4 is 0 Å². The first kappa shape index (κ1) is 17.1. The van der Waals surface area contributed by atoms with Crippen molar-refractivity contribution in [1.29, 1.82) is 0 Å². The fourth-order valence-corrected chi connectivity index (χ4v) is 2.79. The number of carbonyl (C=O) groups is 1. The number of carbonyl (C=O) groups excluding carboxylic acids is 1. The second-order valence-corrected chi connectivity index (χ2v) is 5.84. The van der Waals surface area contributed by atoms with E-state index in [9.17, 15) is 22.4 Å². The zero-order chi connectivity index (χ0) is 19.1. The van der Waals surface area contributed by atoms with Gasteiger partial charge in [0, 0.05) is 18.3 Å². The molecule has 2 aromatic heterocycles. The molecule has 0 fully saturated rings. The predicted octanol–water partition coefficient (Wildman–Crippen LogP) is 3.50. The van der Waals surface area contributed by atoms with E-state index in [0.717, 1.165) is 6.07 Å². The molecule has 0 saturated heterocycles. The number of fused-ring (bicyclic) bond motifs is 1. The van der Waals surface area contributed by atoms with Crippen molar-refractivity contribution in [2.24, 2.45) is 0 Å². The average Bonchev–Trinajstić information content (AvgIpc) is 3.25. The average molecular weight is 378 g/mol. The molecule has 27 heavy (non-hydrogen) atoms. The van der Waals surface area contributed by atoms with Gasteiger partial charge in [0.1, 0.15) is 0 Å². The van der Waals surface area contributed by atoms with Gasteiger partial charge in [-0.15, -0.1) is 10.2 Å². The molecule has 0 radical (unpaired) electrons. The second-order valence-electron chi connectivity index (χ2n) is 5.84. The molecule has 0 unspecified atom stereocenters. The van der Waals surface area contributed by atoms with Crippen molar-refractivity contribution < 1.29 is 26.8 Å². The van der Waals surface area contributed by atoms with Crippen molar-refractivity contribution in [1.82, 2.24) is 20.1 Å². The molecule has 3 heterocycles. The Morgan fingerprint density at radius 3 is 2.78 bits per heavy atom. The van der Waals surface area contributed by atoms with Crippen LogP contribution in [-0.2, 0) is 13.1 Å². The van der Waals surface area contributed by atoms with Gasteiger partial charge in [-0.25, -0.2) is 8.78 Å². The van der Waals surface area contributed by atoms with E-state index in [2.05, 4.69) is 15.2 Å². The fraction of sp³-hybridized carbons (Fsp3) is 0.176. The van der Waals surface area contributed by atoms with E-state index in [1.165, 1.54) is 29.3 Å². The van der Waals surface area contributed by atoms with Crippen molar-refractivity contribution in [3.05, 3.63) is 64.8 Å². The van der Waals surface area contributed by atoms with Crippen molar-refractivity contribution >= 4 is 5.91 Å². The molecular formula is C17H10F4N4O2. The van der Waals surface area contributed by atoms with Crippen LogP contribution in [0.5, 0.6) is 0 Å². The van der Waals surface area contributed by atoms with E-state index in [4.69, 9.17) is 4.42 Å².